The number of ketones is 3. The van der Waals surface area contributed by atoms with Crippen LogP contribution in [0.4, 0.5) is 0 Å². The highest BCUT2D eigenvalue weighted by Crippen LogP contribution is 2.38. The van der Waals surface area contributed by atoms with Gasteiger partial charge in [0.05, 0.1) is 22.6 Å². The summed E-state index contributed by atoms with van der Waals surface area (Å²) < 4.78 is 11.2. The summed E-state index contributed by atoms with van der Waals surface area (Å²) >= 11 is 0. The predicted octanol–water partition coefficient (Wildman–Crippen LogP) is 4.54. The molecule has 6 aliphatic rings. The number of carbonyl (C=O) groups is 4. The zero-order valence-electron chi connectivity index (χ0n) is 39.0. The van der Waals surface area contributed by atoms with Crippen LogP contribution >= 0.6 is 0 Å². The van der Waals surface area contributed by atoms with Gasteiger partial charge in [-0.15, -0.1) is 0 Å². The fraction of sp³-hybridized carbons (Fsp3) is 0.592. The molecule has 6 heterocycles. The van der Waals surface area contributed by atoms with Crippen LogP contribution in [-0.2, 0) is 31.9 Å². The van der Waals surface area contributed by atoms with E-state index >= 15 is 0 Å². The van der Waals surface area contributed by atoms with Gasteiger partial charge in [-0.25, -0.2) is 9.78 Å². The van der Waals surface area contributed by atoms with Gasteiger partial charge in [0.25, 0.3) is 0 Å². The third kappa shape index (κ3) is 11.7. The Morgan fingerprint density at radius 3 is 1.51 bits per heavy atom. The molecule has 4 saturated heterocycles. The summed E-state index contributed by atoms with van der Waals surface area (Å²) in [4.78, 5) is 66.4. The number of hydrogen-bond donors (Lipinski definition) is 2. The fourth-order valence-corrected chi connectivity index (χ4v) is 9.38. The van der Waals surface area contributed by atoms with Crippen LogP contribution in [0.2, 0.25) is 0 Å². The van der Waals surface area contributed by atoms with Crippen LogP contribution in [0, 0.1) is 28.6 Å². The van der Waals surface area contributed by atoms with Crippen LogP contribution in [0.3, 0.4) is 0 Å². The van der Waals surface area contributed by atoms with Crippen LogP contribution in [0.15, 0.2) is 35.7 Å². The van der Waals surface area contributed by atoms with E-state index in [0.29, 0.717) is 72.8 Å². The smallest absolute Gasteiger partial charge is 0.354 e. The molecule has 0 spiro atoms. The zero-order chi connectivity index (χ0) is 47.1. The molecule has 0 aromatic carbocycles. The first-order chi connectivity index (χ1) is 31.0. The lowest BCUT2D eigenvalue weighted by atomic mass is 9.85. The Labute approximate surface area is 383 Å². The molecule has 2 aromatic rings. The van der Waals surface area contributed by atoms with E-state index in [1.54, 1.807) is 20.4 Å². The van der Waals surface area contributed by atoms with Crippen molar-refractivity contribution < 1.29 is 33.8 Å². The van der Waals surface area contributed by atoms with E-state index in [-0.39, 0.29) is 58.2 Å². The molecule has 8 rings (SSSR count). The molecular formula is C49H65N9O7. The number of fused-ring (bicyclic) bond motifs is 2. The van der Waals surface area contributed by atoms with Crippen molar-refractivity contribution in [3.63, 3.8) is 0 Å². The first-order valence-corrected chi connectivity index (χ1v) is 22.8. The van der Waals surface area contributed by atoms with Crippen LogP contribution in [0.1, 0.15) is 115 Å². The number of piperidine rings is 4. The normalized spacial score (nSPS) is 21.5. The number of Topliss-reactive ketones (excluding diaryl/α,β-unsaturated/α-hetero) is 3. The molecule has 16 heteroatoms. The van der Waals surface area contributed by atoms with Crippen molar-refractivity contribution in [3.8, 4) is 12.1 Å². The molecule has 4 fully saturated rings. The number of carboxylic acid groups (broad SMARTS) is 1. The quantitative estimate of drug-likeness (QED) is 0.348. The van der Waals surface area contributed by atoms with Gasteiger partial charge in [-0.2, -0.15) is 10.5 Å². The molecule has 0 saturated carbocycles. The maximum Gasteiger partial charge on any atom is 0.354 e. The highest BCUT2D eigenvalue weighted by atomic mass is 16.5. The summed E-state index contributed by atoms with van der Waals surface area (Å²) in [6.07, 6.45) is 11.3. The van der Waals surface area contributed by atoms with Crippen LogP contribution in [0.25, 0.3) is 11.4 Å². The number of carbonyl (C=O) groups excluding carboxylic acids is 3. The molecular weight excluding hydrogens is 827 g/mol. The second-order valence-electron chi connectivity index (χ2n) is 18.9. The Morgan fingerprint density at radius 1 is 0.723 bits per heavy atom. The number of aromatic nitrogens is 2. The van der Waals surface area contributed by atoms with Crippen molar-refractivity contribution in [3.05, 3.63) is 69.3 Å². The highest BCUT2D eigenvalue weighted by Gasteiger charge is 2.38. The molecule has 0 amide bonds. The molecule has 0 radical (unpaired) electrons. The van der Waals surface area contributed by atoms with E-state index in [1.165, 1.54) is 38.2 Å². The minimum absolute atomic E-state index is 0.0442. The van der Waals surface area contributed by atoms with Crippen molar-refractivity contribution in [2.45, 2.75) is 102 Å². The number of nitriles is 2. The van der Waals surface area contributed by atoms with Gasteiger partial charge in [0.1, 0.15) is 34.7 Å². The number of allylic oxidation sites excluding steroid dienone is 2. The van der Waals surface area contributed by atoms with E-state index < -0.39 is 5.97 Å². The molecule has 0 atom stereocenters. The van der Waals surface area contributed by atoms with Crippen molar-refractivity contribution in [1.29, 1.82) is 10.5 Å². The number of nitrogens with two attached hydrogens (primary N) is 1. The number of carboxylic acids is 1. The number of likely N-dealkylation sites (tertiary alicyclic amines) is 4. The maximum atomic E-state index is 13.0. The summed E-state index contributed by atoms with van der Waals surface area (Å²) in [5.41, 5.74) is 9.93. The maximum absolute atomic E-state index is 13.0. The van der Waals surface area contributed by atoms with E-state index in [9.17, 15) is 34.8 Å². The average Bonchev–Trinajstić information content (AvgIpc) is 3.30. The number of rotatable bonds is 8. The van der Waals surface area contributed by atoms with Gasteiger partial charge in [0.15, 0.2) is 17.3 Å². The monoisotopic (exact) mass is 892 g/mol. The molecule has 0 unspecified atom stereocenters. The molecule has 65 heavy (non-hydrogen) atoms. The van der Waals surface area contributed by atoms with E-state index in [4.69, 9.17) is 15.2 Å². The van der Waals surface area contributed by atoms with Gasteiger partial charge in [0.2, 0.25) is 0 Å². The standard InChI is InChI=1S/C25H32N4O3.C18H19N3O4.C6H14N2/c1-25(32-3)6-10-29(11-7-25)24-19-14-21(23(31)12-17-4-8-28(2)9-5-17)27-16-18(19)13-22(30)20(24)15-26;1-18(25-2)3-5-21(6-4-18)16-12-8-14(17(23)24)20-10-11(12)7-15(22)13(16)9-19;1-8-4-2-6(7)3-5-8/h14,16-17H,4-13H2,1-3H3;8,10H,3-7H2,1-2H3,(H,23,24);6H,2-5,7H2,1H3. The Balaban J connectivity index is 0.000000188. The molecule has 2 aromatic heterocycles. The largest absolute Gasteiger partial charge is 0.477 e. The number of methoxy groups -OCH3 is 2. The zero-order valence-corrected chi connectivity index (χ0v) is 39.0. The summed E-state index contributed by atoms with van der Waals surface area (Å²) in [6.45, 7) is 11.2. The second kappa shape index (κ2) is 21.3. The van der Waals surface area contributed by atoms with Gasteiger partial charge in [-0.05, 0) is 135 Å². The van der Waals surface area contributed by atoms with Gasteiger partial charge in [0, 0.05) is 89.2 Å². The van der Waals surface area contributed by atoms with Crippen molar-refractivity contribution >= 4 is 34.7 Å². The van der Waals surface area contributed by atoms with Gasteiger partial charge < -0.3 is 39.9 Å². The number of ether oxygens (including phenoxy) is 2. The SMILES string of the molecule is CN1CCC(N)CC1.COC1(C)CCN(C2=C(C#N)C(=O)Cc3cnc(C(=O)CC4CCN(C)CC4)cc32)CC1.COC1(C)CCN(C2=C(C#N)C(=O)Cc3cnc(C(=O)O)cc32)CC1. The summed E-state index contributed by atoms with van der Waals surface area (Å²) in [7, 11) is 7.66. The fourth-order valence-electron chi connectivity index (χ4n) is 9.38. The first-order valence-electron chi connectivity index (χ1n) is 22.8. The van der Waals surface area contributed by atoms with Gasteiger partial charge >= 0.3 is 5.97 Å². The summed E-state index contributed by atoms with van der Waals surface area (Å²) in [6, 6.07) is 7.91. The highest BCUT2D eigenvalue weighted by molar-refractivity contribution is 6.11. The van der Waals surface area contributed by atoms with E-state index in [1.807, 2.05) is 24.0 Å². The number of hydrogen-bond acceptors (Lipinski definition) is 15. The van der Waals surface area contributed by atoms with Crippen molar-refractivity contribution in [2.75, 3.05) is 80.7 Å². The lowest BCUT2D eigenvalue weighted by Crippen LogP contribution is -2.43. The average molecular weight is 892 g/mol. The molecule has 3 N–H and O–H groups in total. The second-order valence-corrected chi connectivity index (χ2v) is 18.9. The topological polar surface area (TPSA) is 219 Å². The van der Waals surface area contributed by atoms with E-state index in [2.05, 4.69) is 51.8 Å². The lowest BCUT2D eigenvalue weighted by molar-refractivity contribution is -0.115. The predicted molar refractivity (Wildman–Crippen MR) is 244 cm³/mol. The summed E-state index contributed by atoms with van der Waals surface area (Å²) in [5.74, 6) is -1.14. The van der Waals surface area contributed by atoms with Crippen molar-refractivity contribution in [1.82, 2.24) is 29.6 Å². The first kappa shape index (κ1) is 49.1. The molecule has 16 nitrogen and oxygen atoms in total. The molecule has 348 valence electrons. The van der Waals surface area contributed by atoms with Gasteiger partial charge in [-0.3, -0.25) is 19.4 Å². The molecule has 0 bridgehead atoms. The van der Waals surface area contributed by atoms with Crippen LogP contribution < -0.4 is 5.73 Å². The van der Waals surface area contributed by atoms with Gasteiger partial charge in [-0.1, -0.05) is 0 Å². The minimum atomic E-state index is -1.14. The minimum Gasteiger partial charge on any atom is -0.477 e. The van der Waals surface area contributed by atoms with E-state index in [0.717, 1.165) is 62.7 Å². The Kier molecular flexibility index (Phi) is 16.1. The third-order valence-corrected chi connectivity index (χ3v) is 14.3. The molecule has 4 aliphatic heterocycles. The molecule has 2 aliphatic carbocycles. The summed E-state index contributed by atoms with van der Waals surface area (Å²) in [5, 5.41) is 28.5. The number of pyridine rings is 2. The third-order valence-electron chi connectivity index (χ3n) is 14.3. The number of aromatic carboxylic acids is 1. The Hall–Kier alpha value is -5.36. The Bertz CT molecular complexity index is 2250. The van der Waals surface area contributed by atoms with Crippen LogP contribution in [0.5, 0.6) is 0 Å². The Morgan fingerprint density at radius 2 is 1.12 bits per heavy atom. The van der Waals surface area contributed by atoms with Crippen LogP contribution in [-0.4, -0.2) is 156 Å². The van der Waals surface area contributed by atoms with Crippen molar-refractivity contribution in [2.24, 2.45) is 11.7 Å². The lowest BCUT2D eigenvalue weighted by Gasteiger charge is -2.41. The number of nitrogens with zero attached hydrogens (tertiary/aromatic N) is 8.